The molecule has 1 saturated carbocycles. The minimum absolute atomic E-state index is 0.0294. The normalized spacial score (nSPS) is 23.2. The third-order valence-corrected chi connectivity index (χ3v) is 14.4. The van der Waals surface area contributed by atoms with Gasteiger partial charge in [-0.25, -0.2) is 22.8 Å². The van der Waals surface area contributed by atoms with Crippen LogP contribution in [0.5, 0.6) is 5.88 Å². The van der Waals surface area contributed by atoms with Gasteiger partial charge in [0, 0.05) is 94.5 Å². The van der Waals surface area contributed by atoms with Gasteiger partial charge in [-0.2, -0.15) is 5.10 Å². The van der Waals surface area contributed by atoms with Crippen LogP contribution in [0, 0.1) is 43.1 Å². The van der Waals surface area contributed by atoms with Gasteiger partial charge in [0.2, 0.25) is 23.6 Å². The number of rotatable bonds is 6. The number of carbonyl (C=O) groups excluding carboxylic acids is 3. The van der Waals surface area contributed by atoms with Gasteiger partial charge < -0.3 is 23.8 Å². The monoisotopic (exact) mass is 908 g/mol. The molecule has 7 heterocycles. The van der Waals surface area contributed by atoms with E-state index in [9.17, 15) is 14.4 Å². The van der Waals surface area contributed by atoms with Gasteiger partial charge >= 0.3 is 0 Å². The first kappa shape index (κ1) is 43.9. The summed E-state index contributed by atoms with van der Waals surface area (Å²) < 4.78 is 63.3. The minimum atomic E-state index is -1.05. The molecule has 4 fully saturated rings. The number of hydrogen-bond acceptors (Lipinski definition) is 11. The summed E-state index contributed by atoms with van der Waals surface area (Å²) in [6.07, 6.45) is 4.45. The number of amides is 3. The Morgan fingerprint density at radius 2 is 1.61 bits per heavy atom. The lowest BCUT2D eigenvalue weighted by atomic mass is 9.89. The molecule has 3 amide bonds. The van der Waals surface area contributed by atoms with E-state index in [-0.39, 0.29) is 42.3 Å². The second kappa shape index (κ2) is 17.7. The fourth-order valence-corrected chi connectivity index (χ4v) is 11.2. The first-order valence-electron chi connectivity index (χ1n) is 23.1. The maximum absolute atomic E-state index is 16.4. The van der Waals surface area contributed by atoms with Crippen LogP contribution in [0.2, 0.25) is 0 Å². The third-order valence-electron chi connectivity index (χ3n) is 14.4. The molecule has 5 aliphatic rings. The van der Waals surface area contributed by atoms with Crippen LogP contribution in [-0.2, 0) is 27.9 Å². The molecule has 2 aromatic carbocycles. The molecule has 1 aliphatic carbocycles. The number of hydrogen-bond donors (Lipinski definition) is 2. The molecule has 18 heteroatoms. The molecule has 15 nitrogen and oxygen atoms in total. The van der Waals surface area contributed by atoms with Gasteiger partial charge in [-0.05, 0) is 94.5 Å². The van der Waals surface area contributed by atoms with Gasteiger partial charge in [-0.15, -0.1) is 0 Å². The Bertz CT molecular complexity index is 2710. The van der Waals surface area contributed by atoms with Gasteiger partial charge in [-0.1, -0.05) is 0 Å². The van der Waals surface area contributed by atoms with Gasteiger partial charge in [0.25, 0.3) is 5.91 Å². The molecule has 348 valence electrons. The number of fused-ring (bicyclic) bond motifs is 9. The lowest BCUT2D eigenvalue weighted by molar-refractivity contribution is -0.134. The van der Waals surface area contributed by atoms with Crippen molar-refractivity contribution in [3.05, 3.63) is 76.4 Å². The SMILES string of the molecule is COC[C@@H]1CN(c2cc3c(cc2F)nc2n3C[C@@H]3CC[C@H](COc4c(c(C)nn4C)-c4cc(cc(C)n4)C(=O)N2)C3)CCN1C1CCN(c2cc(F)c([C@H]3CCC(=O)NC3=O)c(F)c2)CC1. The Morgan fingerprint density at radius 1 is 0.833 bits per heavy atom. The second-order valence-corrected chi connectivity index (χ2v) is 18.8. The molecule has 4 bridgehead atoms. The molecule has 3 aromatic heterocycles. The maximum atomic E-state index is 16.4. The Labute approximate surface area is 380 Å². The van der Waals surface area contributed by atoms with Crippen LogP contribution in [0.3, 0.4) is 0 Å². The average molecular weight is 909 g/mol. The van der Waals surface area contributed by atoms with Crippen molar-refractivity contribution in [2.24, 2.45) is 18.9 Å². The zero-order valence-corrected chi connectivity index (χ0v) is 37.7. The number of aromatic nitrogens is 5. The number of pyridine rings is 1. The van der Waals surface area contributed by atoms with Gasteiger partial charge in [-0.3, -0.25) is 34.9 Å². The maximum Gasteiger partial charge on any atom is 0.258 e. The van der Waals surface area contributed by atoms with Crippen molar-refractivity contribution in [1.29, 1.82) is 0 Å². The molecule has 0 spiro atoms. The zero-order valence-electron chi connectivity index (χ0n) is 37.7. The average Bonchev–Trinajstić information content (AvgIpc) is 3.96. The molecular formula is C48H55F3N10O5. The summed E-state index contributed by atoms with van der Waals surface area (Å²) >= 11 is 0. The third kappa shape index (κ3) is 8.26. The lowest BCUT2D eigenvalue weighted by Gasteiger charge is -2.48. The number of ether oxygens (including phenoxy) is 2. The summed E-state index contributed by atoms with van der Waals surface area (Å²) in [5.74, 6) is -2.93. The second-order valence-electron chi connectivity index (χ2n) is 18.8. The van der Waals surface area contributed by atoms with E-state index in [1.54, 1.807) is 23.9 Å². The highest BCUT2D eigenvalue weighted by Crippen LogP contribution is 2.40. The van der Waals surface area contributed by atoms with E-state index in [4.69, 9.17) is 19.4 Å². The molecule has 66 heavy (non-hydrogen) atoms. The quantitative estimate of drug-likeness (QED) is 0.186. The summed E-state index contributed by atoms with van der Waals surface area (Å²) in [5.41, 5.74) is 4.95. The standard InChI is InChI=1S/C48H55F3N10O5/c1-26-15-30-17-39(52-26)43-27(2)56-57(3)47(43)66-24-29-6-5-28(16-29)22-61-41-21-40(35(49)20-38(41)53-48(61)55-45(30)63)59-13-14-60(33(23-59)25-65-4)31-9-11-58(12-10-31)32-18-36(50)44(37(51)19-32)34-7-8-42(62)54-46(34)64/h15,17-21,28-29,31,33-34H,5-14,16,22-25H2,1-4H3,(H,53,55,63)(H,54,62,64)/t28-,29+,33+,34-/m1/s1. The van der Waals surface area contributed by atoms with Crippen molar-refractivity contribution >= 4 is 46.1 Å². The number of piperidine rings is 2. The number of carbonyl (C=O) groups is 3. The van der Waals surface area contributed by atoms with Crippen LogP contribution < -0.4 is 25.2 Å². The van der Waals surface area contributed by atoms with Crippen LogP contribution in [0.15, 0.2) is 36.4 Å². The zero-order chi connectivity index (χ0) is 46.0. The van der Waals surface area contributed by atoms with Crippen molar-refractivity contribution in [2.75, 3.05) is 68.2 Å². The molecule has 5 aromatic rings. The van der Waals surface area contributed by atoms with Crippen molar-refractivity contribution in [3.8, 4) is 17.1 Å². The van der Waals surface area contributed by atoms with Crippen molar-refractivity contribution in [2.45, 2.75) is 83.3 Å². The number of piperazine rings is 1. The van der Waals surface area contributed by atoms with E-state index >= 15 is 13.2 Å². The first-order valence-corrected chi connectivity index (χ1v) is 23.1. The summed E-state index contributed by atoms with van der Waals surface area (Å²) in [7, 11) is 3.52. The van der Waals surface area contributed by atoms with E-state index in [1.807, 2.05) is 36.4 Å². The fraction of sp³-hybridized carbons (Fsp3) is 0.500. The minimum Gasteiger partial charge on any atom is -0.477 e. The molecule has 4 atom stereocenters. The number of imide groups is 1. The number of imidazole rings is 1. The molecule has 4 aliphatic heterocycles. The number of aryl methyl sites for hydroxylation is 3. The summed E-state index contributed by atoms with van der Waals surface area (Å²) in [6.45, 7) is 8.16. The summed E-state index contributed by atoms with van der Waals surface area (Å²) in [6, 6.07) is 9.53. The van der Waals surface area contributed by atoms with Crippen LogP contribution in [0.1, 0.15) is 78.2 Å². The largest absolute Gasteiger partial charge is 0.477 e. The van der Waals surface area contributed by atoms with Crippen LogP contribution in [0.25, 0.3) is 22.3 Å². The van der Waals surface area contributed by atoms with Crippen molar-refractivity contribution in [3.63, 3.8) is 0 Å². The Kier molecular flexibility index (Phi) is 11.7. The van der Waals surface area contributed by atoms with E-state index < -0.39 is 35.2 Å². The molecule has 0 radical (unpaired) electrons. The number of anilines is 3. The first-order chi connectivity index (χ1) is 31.8. The van der Waals surface area contributed by atoms with Gasteiger partial charge in [0.15, 0.2) is 0 Å². The number of halogens is 3. The smallest absolute Gasteiger partial charge is 0.258 e. The predicted molar refractivity (Wildman–Crippen MR) is 241 cm³/mol. The number of methoxy groups -OCH3 is 1. The lowest BCUT2D eigenvalue weighted by Crippen LogP contribution is -2.60. The van der Waals surface area contributed by atoms with Gasteiger partial charge in [0.05, 0.1) is 58.8 Å². The molecule has 0 unspecified atom stereocenters. The number of nitrogens with one attached hydrogen (secondary N) is 2. The summed E-state index contributed by atoms with van der Waals surface area (Å²) in [5, 5.41) is 9.91. The highest BCUT2D eigenvalue weighted by atomic mass is 19.1. The molecule has 10 rings (SSSR count). The van der Waals surface area contributed by atoms with E-state index in [1.165, 1.54) is 18.2 Å². The fourth-order valence-electron chi connectivity index (χ4n) is 11.2. The topological polar surface area (TPSA) is 152 Å². The van der Waals surface area contributed by atoms with Crippen LogP contribution in [-0.4, -0.2) is 112 Å². The number of nitrogens with zero attached hydrogens (tertiary/aromatic N) is 8. The molecule has 2 N–H and O–H groups in total. The highest BCUT2D eigenvalue weighted by molar-refractivity contribution is 6.05. The van der Waals surface area contributed by atoms with Gasteiger partial charge in [0.1, 0.15) is 17.5 Å². The van der Waals surface area contributed by atoms with Crippen LogP contribution in [0.4, 0.5) is 30.5 Å². The van der Waals surface area contributed by atoms with Crippen molar-refractivity contribution < 1.29 is 37.0 Å². The van der Waals surface area contributed by atoms with E-state index in [2.05, 4.69) is 25.5 Å². The Morgan fingerprint density at radius 3 is 2.36 bits per heavy atom. The predicted octanol–water partition coefficient (Wildman–Crippen LogP) is 6.25. The molecule has 3 saturated heterocycles. The van der Waals surface area contributed by atoms with Crippen LogP contribution >= 0.6 is 0 Å². The Hall–Kier alpha value is -6.01. The molecular weight excluding hydrogens is 854 g/mol. The number of benzene rings is 2. The Balaban J connectivity index is 0.878. The van der Waals surface area contributed by atoms with E-state index in [0.29, 0.717) is 104 Å². The van der Waals surface area contributed by atoms with E-state index in [0.717, 1.165) is 48.9 Å². The van der Waals surface area contributed by atoms with Crippen molar-refractivity contribution in [1.82, 2.24) is 34.5 Å². The highest BCUT2D eigenvalue weighted by Gasteiger charge is 2.37. The summed E-state index contributed by atoms with van der Waals surface area (Å²) in [4.78, 5) is 54.3.